The minimum Gasteiger partial charge on any atom is -0.497 e. The molecule has 0 saturated carbocycles. The highest BCUT2D eigenvalue weighted by Crippen LogP contribution is 2.33. The number of carbonyl (C=O) groups excluding carboxylic acids is 1. The number of thiazole rings is 1. The predicted octanol–water partition coefficient (Wildman–Crippen LogP) is 4.58. The van der Waals surface area contributed by atoms with Gasteiger partial charge in [-0.1, -0.05) is 11.6 Å². The number of nitrogens with zero attached hydrogens (tertiary/aromatic N) is 3. The molecule has 4 rings (SSSR count). The zero-order valence-corrected chi connectivity index (χ0v) is 17.6. The van der Waals surface area contributed by atoms with Crippen LogP contribution >= 0.6 is 34.3 Å². The molecule has 11 heteroatoms. The predicted molar refractivity (Wildman–Crippen MR) is 113 cm³/mol. The van der Waals surface area contributed by atoms with E-state index >= 15 is 0 Å². The van der Waals surface area contributed by atoms with Crippen molar-refractivity contribution in [2.24, 2.45) is 0 Å². The standard InChI is InChI=1S/C18H14ClN5O3S2/c1-26-9-3-4-10(12(7-9)27-2)15-21-18(24-23-15)22-16(25)11-8-28-17(20-11)13-5-6-14(19)29-13/h3-8H,1-2H3,(H2,21,22,23,24,25). The summed E-state index contributed by atoms with van der Waals surface area (Å²) in [5.74, 6) is 1.41. The van der Waals surface area contributed by atoms with Crippen LogP contribution in [0.1, 0.15) is 10.5 Å². The number of halogens is 1. The molecule has 0 saturated heterocycles. The first-order chi connectivity index (χ1) is 14.1. The minimum absolute atomic E-state index is 0.136. The zero-order valence-electron chi connectivity index (χ0n) is 15.2. The van der Waals surface area contributed by atoms with Gasteiger partial charge in [-0.2, -0.15) is 4.98 Å². The van der Waals surface area contributed by atoms with E-state index in [9.17, 15) is 4.79 Å². The molecule has 1 amide bonds. The average Bonchev–Trinajstić information content (AvgIpc) is 3.48. The smallest absolute Gasteiger partial charge is 0.277 e. The van der Waals surface area contributed by atoms with Gasteiger partial charge in [-0.05, 0) is 24.3 Å². The SMILES string of the molecule is COc1ccc(-c2nc(NC(=O)c3csc(-c4ccc(Cl)s4)n3)n[nH]2)c(OC)c1. The summed E-state index contributed by atoms with van der Waals surface area (Å²) in [4.78, 5) is 22.1. The third-order valence-corrected chi connectivity index (χ3v) is 6.14. The topological polar surface area (TPSA) is 102 Å². The van der Waals surface area contributed by atoms with Crippen LogP contribution in [0.5, 0.6) is 11.5 Å². The normalized spacial score (nSPS) is 10.7. The van der Waals surface area contributed by atoms with Crippen LogP contribution in [0.4, 0.5) is 5.95 Å². The van der Waals surface area contributed by atoms with Crippen molar-refractivity contribution in [3.63, 3.8) is 0 Å². The molecule has 0 radical (unpaired) electrons. The van der Waals surface area contributed by atoms with Gasteiger partial charge in [0.2, 0.25) is 5.95 Å². The molecule has 0 fully saturated rings. The Kier molecular flexibility index (Phi) is 5.47. The Balaban J connectivity index is 1.51. The Bertz CT molecular complexity index is 1170. The van der Waals surface area contributed by atoms with Gasteiger partial charge in [0.1, 0.15) is 22.2 Å². The van der Waals surface area contributed by atoms with Crippen LogP contribution in [0, 0.1) is 0 Å². The number of rotatable bonds is 6. The fourth-order valence-electron chi connectivity index (χ4n) is 2.52. The Morgan fingerprint density at radius 1 is 1.17 bits per heavy atom. The van der Waals surface area contributed by atoms with Crippen molar-refractivity contribution in [3.05, 3.63) is 45.7 Å². The van der Waals surface area contributed by atoms with Crippen LogP contribution in [0.25, 0.3) is 21.3 Å². The Hall–Kier alpha value is -2.95. The Morgan fingerprint density at radius 2 is 2.03 bits per heavy atom. The van der Waals surface area contributed by atoms with Crippen LogP contribution in [-0.4, -0.2) is 40.3 Å². The lowest BCUT2D eigenvalue weighted by Crippen LogP contribution is -2.13. The molecule has 0 aliphatic rings. The number of benzene rings is 1. The minimum atomic E-state index is -0.401. The summed E-state index contributed by atoms with van der Waals surface area (Å²) in [6, 6.07) is 8.99. The lowest BCUT2D eigenvalue weighted by molar-refractivity contribution is 0.102. The molecule has 8 nitrogen and oxygen atoms in total. The molecule has 2 N–H and O–H groups in total. The van der Waals surface area contributed by atoms with Crippen LogP contribution in [0.2, 0.25) is 4.34 Å². The molecule has 0 bridgehead atoms. The largest absolute Gasteiger partial charge is 0.497 e. The molecule has 0 unspecified atom stereocenters. The summed E-state index contributed by atoms with van der Waals surface area (Å²) in [5, 5.41) is 11.9. The number of thiophene rings is 1. The number of carbonyl (C=O) groups is 1. The van der Waals surface area contributed by atoms with E-state index in [-0.39, 0.29) is 11.6 Å². The number of amides is 1. The fraction of sp³-hybridized carbons (Fsp3) is 0.111. The summed E-state index contributed by atoms with van der Waals surface area (Å²) in [6.07, 6.45) is 0. The van der Waals surface area contributed by atoms with Crippen LogP contribution in [-0.2, 0) is 0 Å². The Labute approximate surface area is 178 Å². The molecule has 4 aromatic rings. The van der Waals surface area contributed by atoms with Gasteiger partial charge in [0.15, 0.2) is 5.82 Å². The number of nitrogens with one attached hydrogen (secondary N) is 2. The molecule has 1 aromatic carbocycles. The Morgan fingerprint density at radius 3 is 2.76 bits per heavy atom. The van der Waals surface area contributed by atoms with Crippen molar-refractivity contribution in [3.8, 4) is 32.8 Å². The molecule has 29 heavy (non-hydrogen) atoms. The van der Waals surface area contributed by atoms with Crippen LogP contribution in [0.3, 0.4) is 0 Å². The summed E-state index contributed by atoms with van der Waals surface area (Å²) in [5.41, 5.74) is 0.967. The van der Waals surface area contributed by atoms with Crippen LogP contribution < -0.4 is 14.8 Å². The lowest BCUT2D eigenvalue weighted by Gasteiger charge is -2.07. The summed E-state index contributed by atoms with van der Waals surface area (Å²) in [6.45, 7) is 0. The van der Waals surface area contributed by atoms with Crippen molar-refractivity contribution in [2.75, 3.05) is 19.5 Å². The van der Waals surface area contributed by atoms with Crippen molar-refractivity contribution in [2.45, 2.75) is 0 Å². The number of ether oxygens (including phenoxy) is 2. The van der Waals surface area contributed by atoms with Gasteiger partial charge in [-0.3, -0.25) is 15.2 Å². The molecule has 3 aromatic heterocycles. The maximum absolute atomic E-state index is 12.5. The van der Waals surface area contributed by atoms with E-state index in [1.54, 1.807) is 43.9 Å². The third-order valence-electron chi connectivity index (χ3n) is 3.90. The molecule has 0 spiro atoms. The molecule has 148 valence electrons. The highest BCUT2D eigenvalue weighted by molar-refractivity contribution is 7.23. The number of methoxy groups -OCH3 is 2. The van der Waals surface area contributed by atoms with Crippen LogP contribution in [0.15, 0.2) is 35.7 Å². The maximum atomic E-state index is 12.5. The van der Waals surface area contributed by atoms with Crippen molar-refractivity contribution in [1.82, 2.24) is 20.2 Å². The van der Waals surface area contributed by atoms with Crippen molar-refractivity contribution < 1.29 is 14.3 Å². The lowest BCUT2D eigenvalue weighted by atomic mass is 10.2. The second-order valence-corrected chi connectivity index (χ2v) is 8.24. The number of H-pyrrole nitrogens is 1. The first-order valence-electron chi connectivity index (χ1n) is 8.24. The molecule has 0 aliphatic heterocycles. The second kappa shape index (κ2) is 8.19. The van der Waals surface area contributed by atoms with Crippen molar-refractivity contribution in [1.29, 1.82) is 0 Å². The highest BCUT2D eigenvalue weighted by Gasteiger charge is 2.17. The van der Waals surface area contributed by atoms with E-state index in [1.165, 1.54) is 22.7 Å². The summed E-state index contributed by atoms with van der Waals surface area (Å²) >= 11 is 8.73. The van der Waals surface area contributed by atoms with E-state index < -0.39 is 5.91 Å². The fourth-order valence-corrected chi connectivity index (χ4v) is 4.43. The van der Waals surface area contributed by atoms with Gasteiger partial charge >= 0.3 is 0 Å². The van der Waals surface area contributed by atoms with Gasteiger partial charge in [0.25, 0.3) is 5.91 Å². The van der Waals surface area contributed by atoms with Gasteiger partial charge in [0, 0.05) is 11.4 Å². The van der Waals surface area contributed by atoms with E-state index in [1.807, 2.05) is 6.07 Å². The molecule has 3 heterocycles. The maximum Gasteiger partial charge on any atom is 0.277 e. The molecular weight excluding hydrogens is 434 g/mol. The molecule has 0 atom stereocenters. The number of hydrogen-bond donors (Lipinski definition) is 2. The van der Waals surface area contributed by atoms with E-state index in [0.717, 1.165) is 9.88 Å². The monoisotopic (exact) mass is 447 g/mol. The van der Waals surface area contributed by atoms with Gasteiger partial charge in [-0.15, -0.1) is 27.8 Å². The quantitative estimate of drug-likeness (QED) is 0.448. The van der Waals surface area contributed by atoms with Gasteiger partial charge in [-0.25, -0.2) is 4.98 Å². The highest BCUT2D eigenvalue weighted by atomic mass is 35.5. The number of hydrogen-bond acceptors (Lipinski definition) is 8. The zero-order chi connectivity index (χ0) is 20.4. The van der Waals surface area contributed by atoms with Crippen molar-refractivity contribution >= 4 is 46.1 Å². The first kappa shape index (κ1) is 19.4. The average molecular weight is 448 g/mol. The van der Waals surface area contributed by atoms with Gasteiger partial charge < -0.3 is 9.47 Å². The van der Waals surface area contributed by atoms with E-state index in [0.29, 0.717) is 27.2 Å². The number of anilines is 1. The van der Waals surface area contributed by atoms with E-state index in [2.05, 4.69) is 25.5 Å². The van der Waals surface area contributed by atoms with Gasteiger partial charge in [0.05, 0.1) is 29.0 Å². The third kappa shape index (κ3) is 4.09. The molecule has 0 aliphatic carbocycles. The summed E-state index contributed by atoms with van der Waals surface area (Å²) < 4.78 is 11.2. The second-order valence-electron chi connectivity index (χ2n) is 5.67. The summed E-state index contributed by atoms with van der Waals surface area (Å²) in [7, 11) is 3.13. The number of aromatic nitrogens is 4. The first-order valence-corrected chi connectivity index (χ1v) is 10.3. The van der Waals surface area contributed by atoms with E-state index in [4.69, 9.17) is 21.1 Å². The molecular formula is C18H14ClN5O3S2. The number of aromatic amines is 1.